The largest absolute Gasteiger partial charge is 0.340 e. The maximum Gasteiger partial charge on any atom is 0.276 e. The summed E-state index contributed by atoms with van der Waals surface area (Å²) >= 11 is 0. The van der Waals surface area contributed by atoms with Gasteiger partial charge >= 0.3 is 0 Å². The molecule has 33 heavy (non-hydrogen) atoms. The van der Waals surface area contributed by atoms with Crippen molar-refractivity contribution in [2.75, 3.05) is 11.9 Å². The van der Waals surface area contributed by atoms with Gasteiger partial charge in [-0.25, -0.2) is 23.7 Å². The number of hydrogen-bond acceptors (Lipinski definition) is 5. The number of anilines is 2. The first-order valence-electron chi connectivity index (χ1n) is 11.2. The Morgan fingerprint density at radius 3 is 2.82 bits per heavy atom. The van der Waals surface area contributed by atoms with Gasteiger partial charge in [0.25, 0.3) is 5.56 Å². The van der Waals surface area contributed by atoms with Crippen molar-refractivity contribution in [2.45, 2.75) is 46.0 Å². The van der Waals surface area contributed by atoms with E-state index < -0.39 is 5.67 Å². The second kappa shape index (κ2) is 8.12. The molecule has 0 unspecified atom stereocenters. The van der Waals surface area contributed by atoms with E-state index >= 15 is 0 Å². The van der Waals surface area contributed by atoms with Crippen molar-refractivity contribution < 1.29 is 4.39 Å². The average Bonchev–Trinajstić information content (AvgIpc) is 3.09. The zero-order chi connectivity index (χ0) is 23.2. The lowest BCUT2D eigenvalue weighted by molar-refractivity contribution is 0.214. The van der Waals surface area contributed by atoms with Crippen LogP contribution < -0.4 is 16.2 Å². The molecule has 0 bridgehead atoms. The number of rotatable bonds is 5. The summed E-state index contributed by atoms with van der Waals surface area (Å²) in [5.41, 5.74) is 2.82. The first-order chi connectivity index (χ1) is 15.8. The Labute approximate surface area is 191 Å². The molecule has 0 atom stereocenters. The van der Waals surface area contributed by atoms with Crippen LogP contribution in [0.3, 0.4) is 0 Å². The van der Waals surface area contributed by atoms with E-state index in [9.17, 15) is 9.18 Å². The Kier molecular flexibility index (Phi) is 5.25. The lowest BCUT2D eigenvalue weighted by Gasteiger charge is -2.18. The molecule has 8 heteroatoms. The highest BCUT2D eigenvalue weighted by atomic mass is 19.1. The third-order valence-corrected chi connectivity index (χ3v) is 6.04. The van der Waals surface area contributed by atoms with Crippen molar-refractivity contribution in [3.05, 3.63) is 75.8 Å². The van der Waals surface area contributed by atoms with Crippen LogP contribution in [0.1, 0.15) is 37.6 Å². The van der Waals surface area contributed by atoms with Gasteiger partial charge in [0.05, 0.1) is 16.6 Å². The van der Waals surface area contributed by atoms with Gasteiger partial charge in [-0.3, -0.25) is 4.79 Å². The number of hydrogen-bond donors (Lipinski definition) is 2. The van der Waals surface area contributed by atoms with E-state index in [2.05, 4.69) is 32.7 Å². The van der Waals surface area contributed by atoms with Crippen LogP contribution in [0.15, 0.2) is 53.5 Å². The van der Waals surface area contributed by atoms with E-state index in [1.807, 2.05) is 19.1 Å². The molecule has 4 aromatic rings. The van der Waals surface area contributed by atoms with Crippen molar-refractivity contribution in [1.29, 1.82) is 0 Å². The van der Waals surface area contributed by atoms with E-state index in [1.54, 1.807) is 33.8 Å². The maximum absolute atomic E-state index is 14.6. The van der Waals surface area contributed by atoms with Crippen LogP contribution in [-0.4, -0.2) is 25.9 Å². The normalized spacial score (nSPS) is 13.8. The molecule has 0 saturated heterocycles. The topological polar surface area (TPSA) is 76.8 Å². The van der Waals surface area contributed by atoms with Crippen molar-refractivity contribution in [3.8, 4) is 5.82 Å². The zero-order valence-electron chi connectivity index (χ0n) is 19.0. The van der Waals surface area contributed by atoms with Crippen molar-refractivity contribution in [3.63, 3.8) is 0 Å². The Bertz CT molecular complexity index is 1400. The molecule has 3 aromatic heterocycles. The minimum absolute atomic E-state index is 0.153. The smallest absolute Gasteiger partial charge is 0.276 e. The molecule has 1 aromatic carbocycles. The lowest BCUT2D eigenvalue weighted by Crippen LogP contribution is -2.23. The van der Waals surface area contributed by atoms with Crippen LogP contribution in [0.25, 0.3) is 16.7 Å². The first kappa shape index (κ1) is 21.3. The highest BCUT2D eigenvalue weighted by molar-refractivity contribution is 5.82. The second-order valence-electron chi connectivity index (χ2n) is 8.81. The standard InChI is InChI=1S/C25H27FN6O/c1-4-31-24(33)19-15-28-22(29-18-9-8-17-14-27-11-10-16(17)12-18)13-20(19)32(31)23-7-5-6-21(30-23)25(2,3)26/h5-9,12-13,15,27H,4,10-11,14H2,1-3H3,(H,28,29). The van der Waals surface area contributed by atoms with Crippen LogP contribution in [0.4, 0.5) is 15.9 Å². The minimum Gasteiger partial charge on any atom is -0.340 e. The fourth-order valence-electron chi connectivity index (χ4n) is 4.32. The third kappa shape index (κ3) is 3.91. The van der Waals surface area contributed by atoms with E-state index in [-0.39, 0.29) is 5.56 Å². The molecule has 0 aliphatic carbocycles. The molecule has 170 valence electrons. The summed E-state index contributed by atoms with van der Waals surface area (Å²) in [6.07, 6.45) is 2.58. The molecular formula is C25H27FN6O. The van der Waals surface area contributed by atoms with Gasteiger partial charge in [-0.05, 0) is 69.1 Å². The van der Waals surface area contributed by atoms with Gasteiger partial charge in [-0.1, -0.05) is 12.1 Å². The van der Waals surface area contributed by atoms with E-state index in [0.29, 0.717) is 34.8 Å². The van der Waals surface area contributed by atoms with Gasteiger partial charge in [-0.2, -0.15) is 0 Å². The number of nitrogens with one attached hydrogen (secondary N) is 2. The van der Waals surface area contributed by atoms with Gasteiger partial charge < -0.3 is 10.6 Å². The highest BCUT2D eigenvalue weighted by Gasteiger charge is 2.22. The summed E-state index contributed by atoms with van der Waals surface area (Å²) in [7, 11) is 0. The molecule has 0 fully saturated rings. The highest BCUT2D eigenvalue weighted by Crippen LogP contribution is 2.26. The molecule has 0 saturated carbocycles. The molecule has 1 aliphatic rings. The summed E-state index contributed by atoms with van der Waals surface area (Å²) in [6.45, 7) is 7.15. The van der Waals surface area contributed by atoms with Crippen molar-refractivity contribution >= 4 is 22.4 Å². The van der Waals surface area contributed by atoms with E-state index in [1.165, 1.54) is 25.0 Å². The molecular weight excluding hydrogens is 419 g/mol. The molecule has 0 spiro atoms. The van der Waals surface area contributed by atoms with Crippen LogP contribution >= 0.6 is 0 Å². The number of pyridine rings is 2. The van der Waals surface area contributed by atoms with Crippen LogP contribution in [0, 0.1) is 0 Å². The summed E-state index contributed by atoms with van der Waals surface area (Å²) in [5, 5.41) is 7.24. The molecule has 1 aliphatic heterocycles. The lowest BCUT2D eigenvalue weighted by atomic mass is 10.0. The molecule has 7 nitrogen and oxygen atoms in total. The van der Waals surface area contributed by atoms with E-state index in [4.69, 9.17) is 0 Å². The van der Waals surface area contributed by atoms with E-state index in [0.717, 1.165) is 25.2 Å². The summed E-state index contributed by atoms with van der Waals surface area (Å²) < 4.78 is 17.9. The average molecular weight is 447 g/mol. The molecule has 0 amide bonds. The summed E-state index contributed by atoms with van der Waals surface area (Å²) in [6, 6.07) is 13.4. The number of alkyl halides is 1. The number of benzene rings is 1. The molecule has 0 radical (unpaired) electrons. The Morgan fingerprint density at radius 2 is 2.03 bits per heavy atom. The Hall–Kier alpha value is -3.52. The Morgan fingerprint density at radius 1 is 1.18 bits per heavy atom. The van der Waals surface area contributed by atoms with Gasteiger partial charge in [0.15, 0.2) is 5.82 Å². The number of nitrogens with zero attached hydrogens (tertiary/aromatic N) is 4. The van der Waals surface area contributed by atoms with Crippen molar-refractivity contribution in [2.24, 2.45) is 0 Å². The summed E-state index contributed by atoms with van der Waals surface area (Å²) in [5.74, 6) is 1.12. The third-order valence-electron chi connectivity index (χ3n) is 6.04. The fourth-order valence-corrected chi connectivity index (χ4v) is 4.32. The van der Waals surface area contributed by atoms with Gasteiger partial charge in [-0.15, -0.1) is 0 Å². The number of fused-ring (bicyclic) bond motifs is 2. The monoisotopic (exact) mass is 446 g/mol. The van der Waals surface area contributed by atoms with Gasteiger partial charge in [0, 0.05) is 31.0 Å². The SMILES string of the molecule is CCn1c(=O)c2cnc(Nc3ccc4c(c3)CCNC4)cc2n1-c1cccc(C(C)(C)F)n1. The minimum atomic E-state index is -1.59. The molecule has 4 heterocycles. The first-order valence-corrected chi connectivity index (χ1v) is 11.2. The van der Waals surface area contributed by atoms with Gasteiger partial charge in [0.2, 0.25) is 0 Å². The predicted molar refractivity (Wildman–Crippen MR) is 128 cm³/mol. The Balaban J connectivity index is 1.60. The zero-order valence-corrected chi connectivity index (χ0v) is 19.0. The maximum atomic E-state index is 14.6. The number of halogens is 1. The van der Waals surface area contributed by atoms with Crippen molar-refractivity contribution in [1.82, 2.24) is 24.6 Å². The molecule has 2 N–H and O–H groups in total. The van der Waals surface area contributed by atoms with Crippen LogP contribution in [0.2, 0.25) is 0 Å². The second-order valence-corrected chi connectivity index (χ2v) is 8.81. The fraction of sp³-hybridized carbons (Fsp3) is 0.320. The number of aromatic nitrogens is 4. The quantitative estimate of drug-likeness (QED) is 0.481. The van der Waals surface area contributed by atoms with Crippen LogP contribution in [0.5, 0.6) is 0 Å². The van der Waals surface area contributed by atoms with Crippen LogP contribution in [-0.2, 0) is 25.2 Å². The molecule has 5 rings (SSSR count). The van der Waals surface area contributed by atoms with Gasteiger partial charge in [0.1, 0.15) is 11.5 Å². The predicted octanol–water partition coefficient (Wildman–Crippen LogP) is 4.20. The summed E-state index contributed by atoms with van der Waals surface area (Å²) in [4.78, 5) is 22.1.